The van der Waals surface area contributed by atoms with Gasteiger partial charge in [-0.25, -0.2) is 9.97 Å². The van der Waals surface area contributed by atoms with Gasteiger partial charge in [-0.2, -0.15) is 0 Å². The quantitative estimate of drug-likeness (QED) is 0.889. The molecule has 1 N–H and O–H groups in total. The van der Waals surface area contributed by atoms with E-state index in [-0.39, 0.29) is 0 Å². The van der Waals surface area contributed by atoms with Crippen LogP contribution in [0.5, 0.6) is 0 Å². The molecule has 0 saturated heterocycles. The van der Waals surface area contributed by atoms with Gasteiger partial charge in [0.05, 0.1) is 5.69 Å². The lowest BCUT2D eigenvalue weighted by Gasteiger charge is -2.07. The molecule has 0 aliphatic carbocycles. The highest BCUT2D eigenvalue weighted by molar-refractivity contribution is 5.63. The second kappa shape index (κ2) is 5.63. The molecule has 0 radical (unpaired) electrons. The first-order chi connectivity index (χ1) is 8.69. The van der Waals surface area contributed by atoms with E-state index in [0.29, 0.717) is 0 Å². The van der Waals surface area contributed by atoms with Crippen molar-refractivity contribution in [3.8, 4) is 11.3 Å². The molecule has 3 heteroatoms. The van der Waals surface area contributed by atoms with Gasteiger partial charge >= 0.3 is 0 Å². The Bertz CT molecular complexity index is 515. The number of aryl methyl sites for hydroxylation is 2. The number of aromatic nitrogens is 2. The predicted molar refractivity (Wildman–Crippen MR) is 75.7 cm³/mol. The van der Waals surface area contributed by atoms with Gasteiger partial charge in [0.25, 0.3) is 0 Å². The SMILES string of the molecule is CCCNc1cc(-c2cc(C)cc(C)c2)ncn1. The first-order valence-electron chi connectivity index (χ1n) is 6.33. The van der Waals surface area contributed by atoms with Crippen LogP contribution in [0.4, 0.5) is 5.82 Å². The number of hydrogen-bond donors (Lipinski definition) is 1. The summed E-state index contributed by atoms with van der Waals surface area (Å²) in [6.07, 6.45) is 2.70. The van der Waals surface area contributed by atoms with Gasteiger partial charge in [0.1, 0.15) is 12.1 Å². The molecule has 94 valence electrons. The number of benzene rings is 1. The Morgan fingerprint density at radius 1 is 1.00 bits per heavy atom. The Kier molecular flexibility index (Phi) is 3.92. The van der Waals surface area contributed by atoms with E-state index < -0.39 is 0 Å². The summed E-state index contributed by atoms with van der Waals surface area (Å²) in [5.74, 6) is 0.890. The zero-order valence-electron chi connectivity index (χ0n) is 11.2. The van der Waals surface area contributed by atoms with Crippen molar-refractivity contribution in [2.75, 3.05) is 11.9 Å². The molecular formula is C15H19N3. The summed E-state index contributed by atoms with van der Waals surface area (Å²) in [5.41, 5.74) is 4.63. The Labute approximate surface area is 108 Å². The number of rotatable bonds is 4. The molecule has 2 aromatic rings. The van der Waals surface area contributed by atoms with Crippen LogP contribution >= 0.6 is 0 Å². The minimum Gasteiger partial charge on any atom is -0.370 e. The van der Waals surface area contributed by atoms with Gasteiger partial charge in [-0.3, -0.25) is 0 Å². The molecule has 0 unspecified atom stereocenters. The molecule has 0 fully saturated rings. The summed E-state index contributed by atoms with van der Waals surface area (Å²) in [7, 11) is 0. The molecule has 3 nitrogen and oxygen atoms in total. The molecule has 18 heavy (non-hydrogen) atoms. The molecule has 1 aromatic heterocycles. The van der Waals surface area contributed by atoms with Gasteiger partial charge in [0.2, 0.25) is 0 Å². The fourth-order valence-corrected chi connectivity index (χ4v) is 1.99. The Morgan fingerprint density at radius 2 is 1.72 bits per heavy atom. The topological polar surface area (TPSA) is 37.8 Å². The molecule has 0 aliphatic heterocycles. The maximum atomic E-state index is 4.35. The van der Waals surface area contributed by atoms with Crippen molar-refractivity contribution in [2.45, 2.75) is 27.2 Å². The van der Waals surface area contributed by atoms with E-state index in [1.54, 1.807) is 6.33 Å². The lowest BCUT2D eigenvalue weighted by atomic mass is 10.0. The summed E-state index contributed by atoms with van der Waals surface area (Å²) < 4.78 is 0. The average molecular weight is 241 g/mol. The van der Waals surface area contributed by atoms with Crippen LogP contribution in [0, 0.1) is 13.8 Å². The Morgan fingerprint density at radius 3 is 2.39 bits per heavy atom. The molecule has 2 rings (SSSR count). The molecule has 0 aliphatic rings. The lowest BCUT2D eigenvalue weighted by Crippen LogP contribution is -2.02. The van der Waals surface area contributed by atoms with Gasteiger partial charge in [-0.1, -0.05) is 24.1 Å². The van der Waals surface area contributed by atoms with Crippen molar-refractivity contribution in [2.24, 2.45) is 0 Å². The van der Waals surface area contributed by atoms with Crippen molar-refractivity contribution in [1.82, 2.24) is 9.97 Å². The largest absolute Gasteiger partial charge is 0.370 e. The van der Waals surface area contributed by atoms with E-state index in [1.165, 1.54) is 11.1 Å². The third-order valence-corrected chi connectivity index (χ3v) is 2.74. The normalized spacial score (nSPS) is 10.4. The highest BCUT2D eigenvalue weighted by atomic mass is 15.0. The van der Waals surface area contributed by atoms with E-state index in [2.05, 4.69) is 54.3 Å². The minimum atomic E-state index is 0.890. The Hall–Kier alpha value is -1.90. The summed E-state index contributed by atoms with van der Waals surface area (Å²) in [6.45, 7) is 7.28. The van der Waals surface area contributed by atoms with Gasteiger partial charge in [0, 0.05) is 18.2 Å². The summed E-state index contributed by atoms with van der Waals surface area (Å²) in [5, 5.41) is 3.28. The molecular weight excluding hydrogens is 222 g/mol. The van der Waals surface area contributed by atoms with E-state index in [1.807, 2.05) is 6.07 Å². The third-order valence-electron chi connectivity index (χ3n) is 2.74. The zero-order chi connectivity index (χ0) is 13.0. The zero-order valence-corrected chi connectivity index (χ0v) is 11.2. The van der Waals surface area contributed by atoms with Gasteiger partial charge in [-0.15, -0.1) is 0 Å². The number of nitrogens with one attached hydrogen (secondary N) is 1. The summed E-state index contributed by atoms with van der Waals surface area (Å²) in [4.78, 5) is 8.57. The number of anilines is 1. The fraction of sp³-hybridized carbons (Fsp3) is 0.333. The monoisotopic (exact) mass is 241 g/mol. The van der Waals surface area contributed by atoms with Crippen LogP contribution in [-0.4, -0.2) is 16.5 Å². The van der Waals surface area contributed by atoms with Crippen LogP contribution < -0.4 is 5.32 Å². The molecule has 0 amide bonds. The predicted octanol–water partition coefficient (Wildman–Crippen LogP) is 3.58. The van der Waals surface area contributed by atoms with E-state index in [0.717, 1.165) is 30.0 Å². The van der Waals surface area contributed by atoms with Crippen LogP contribution in [0.2, 0.25) is 0 Å². The van der Waals surface area contributed by atoms with E-state index in [4.69, 9.17) is 0 Å². The molecule has 1 aromatic carbocycles. The van der Waals surface area contributed by atoms with Gasteiger partial charge < -0.3 is 5.32 Å². The van der Waals surface area contributed by atoms with Crippen LogP contribution in [-0.2, 0) is 0 Å². The summed E-state index contributed by atoms with van der Waals surface area (Å²) in [6, 6.07) is 8.47. The van der Waals surface area contributed by atoms with Crippen molar-refractivity contribution < 1.29 is 0 Å². The van der Waals surface area contributed by atoms with Crippen LogP contribution in [0.3, 0.4) is 0 Å². The highest BCUT2D eigenvalue weighted by Crippen LogP contribution is 2.21. The van der Waals surface area contributed by atoms with Crippen molar-refractivity contribution in [1.29, 1.82) is 0 Å². The maximum absolute atomic E-state index is 4.35. The van der Waals surface area contributed by atoms with Gasteiger partial charge in [-0.05, 0) is 32.4 Å². The van der Waals surface area contributed by atoms with Crippen molar-refractivity contribution >= 4 is 5.82 Å². The second-order valence-electron chi connectivity index (χ2n) is 4.59. The summed E-state index contributed by atoms with van der Waals surface area (Å²) >= 11 is 0. The Balaban J connectivity index is 2.32. The molecule has 1 heterocycles. The van der Waals surface area contributed by atoms with E-state index >= 15 is 0 Å². The number of nitrogens with zero attached hydrogens (tertiary/aromatic N) is 2. The van der Waals surface area contributed by atoms with Crippen LogP contribution in [0.15, 0.2) is 30.6 Å². The second-order valence-corrected chi connectivity index (χ2v) is 4.59. The average Bonchev–Trinajstić information content (AvgIpc) is 2.35. The smallest absolute Gasteiger partial charge is 0.129 e. The number of hydrogen-bond acceptors (Lipinski definition) is 3. The first kappa shape index (κ1) is 12.6. The molecule has 0 bridgehead atoms. The molecule has 0 spiro atoms. The van der Waals surface area contributed by atoms with Crippen LogP contribution in [0.1, 0.15) is 24.5 Å². The van der Waals surface area contributed by atoms with Crippen LogP contribution in [0.25, 0.3) is 11.3 Å². The maximum Gasteiger partial charge on any atom is 0.129 e. The fourth-order valence-electron chi connectivity index (χ4n) is 1.99. The third kappa shape index (κ3) is 3.06. The van der Waals surface area contributed by atoms with Crippen molar-refractivity contribution in [3.63, 3.8) is 0 Å². The standard InChI is InChI=1S/C15H19N3/c1-4-5-16-15-9-14(17-10-18-15)13-7-11(2)6-12(3)8-13/h6-10H,4-5H2,1-3H3,(H,16,17,18). The highest BCUT2D eigenvalue weighted by Gasteiger charge is 2.03. The minimum absolute atomic E-state index is 0.890. The first-order valence-corrected chi connectivity index (χ1v) is 6.33. The van der Waals surface area contributed by atoms with Gasteiger partial charge in [0.15, 0.2) is 0 Å². The molecule has 0 atom stereocenters. The lowest BCUT2D eigenvalue weighted by molar-refractivity contribution is 0.965. The molecule has 0 saturated carbocycles. The van der Waals surface area contributed by atoms with Crippen molar-refractivity contribution in [3.05, 3.63) is 41.7 Å². The van der Waals surface area contributed by atoms with E-state index in [9.17, 15) is 0 Å².